The average molecular weight is 573 g/mol. The maximum Gasteiger partial charge on any atom is 0.225 e. The van der Waals surface area contributed by atoms with Crippen LogP contribution in [0.1, 0.15) is 39.5 Å². The Hall–Kier alpha value is -1.69. The summed E-state index contributed by atoms with van der Waals surface area (Å²) >= 11 is 0. The molecule has 0 unspecified atom stereocenters. The minimum atomic E-state index is 0. The molecule has 33 heavy (non-hydrogen) atoms. The molecular weight excluding hydrogens is 531 g/mol. The van der Waals surface area contributed by atoms with Gasteiger partial charge in [0.15, 0.2) is 5.96 Å². The van der Waals surface area contributed by atoms with Crippen molar-refractivity contribution in [1.29, 1.82) is 0 Å². The Kier molecular flexibility index (Phi) is 12.7. The molecule has 2 aliphatic heterocycles. The van der Waals surface area contributed by atoms with Gasteiger partial charge in [-0.2, -0.15) is 0 Å². The van der Waals surface area contributed by atoms with Crippen molar-refractivity contribution < 1.29 is 4.79 Å². The molecule has 0 spiro atoms. The summed E-state index contributed by atoms with van der Waals surface area (Å²) in [5.74, 6) is 2.60. The van der Waals surface area contributed by atoms with Crippen molar-refractivity contribution in [2.75, 3.05) is 70.3 Å². The number of piperidine rings is 1. The van der Waals surface area contributed by atoms with E-state index in [1.54, 1.807) is 12.4 Å². The summed E-state index contributed by atoms with van der Waals surface area (Å²) in [6, 6.07) is 1.82. The third kappa shape index (κ3) is 9.60. The van der Waals surface area contributed by atoms with Crippen molar-refractivity contribution in [3.63, 3.8) is 0 Å². The van der Waals surface area contributed by atoms with Crippen LogP contribution in [-0.4, -0.2) is 97.1 Å². The van der Waals surface area contributed by atoms with E-state index in [0.717, 1.165) is 57.0 Å². The molecule has 0 bridgehead atoms. The van der Waals surface area contributed by atoms with Gasteiger partial charge in [0.05, 0.1) is 0 Å². The molecule has 1 aromatic heterocycles. The summed E-state index contributed by atoms with van der Waals surface area (Å²) < 4.78 is 0. The number of carbonyl (C=O) groups is 1. The lowest BCUT2D eigenvalue weighted by atomic mass is 9.99. The summed E-state index contributed by atoms with van der Waals surface area (Å²) in [6.07, 6.45) is 7.68. The van der Waals surface area contributed by atoms with E-state index in [9.17, 15) is 4.79 Å². The number of aromatic nitrogens is 2. The van der Waals surface area contributed by atoms with Gasteiger partial charge in [-0.3, -0.25) is 9.79 Å². The zero-order valence-electron chi connectivity index (χ0n) is 20.2. The molecule has 2 N–H and O–H groups in total. The van der Waals surface area contributed by atoms with Crippen LogP contribution in [0.4, 0.5) is 5.95 Å². The van der Waals surface area contributed by atoms with Crippen LogP contribution in [0, 0.1) is 5.92 Å². The molecule has 0 saturated carbocycles. The normalized spacial score (nSPS) is 18.1. The van der Waals surface area contributed by atoms with Gasteiger partial charge in [0, 0.05) is 64.6 Å². The van der Waals surface area contributed by atoms with Gasteiger partial charge in [-0.15, -0.1) is 24.0 Å². The van der Waals surface area contributed by atoms with Crippen LogP contribution in [0.5, 0.6) is 0 Å². The van der Waals surface area contributed by atoms with Crippen LogP contribution in [-0.2, 0) is 4.79 Å². The third-order valence-corrected chi connectivity index (χ3v) is 6.22. The summed E-state index contributed by atoms with van der Waals surface area (Å²) in [5.41, 5.74) is 0. The fourth-order valence-electron chi connectivity index (χ4n) is 4.17. The van der Waals surface area contributed by atoms with E-state index in [2.05, 4.69) is 49.2 Å². The molecule has 0 aromatic carbocycles. The van der Waals surface area contributed by atoms with Gasteiger partial charge in [0.25, 0.3) is 0 Å². The molecule has 0 aliphatic carbocycles. The van der Waals surface area contributed by atoms with E-state index < -0.39 is 0 Å². The highest BCUT2D eigenvalue weighted by atomic mass is 127. The summed E-state index contributed by atoms with van der Waals surface area (Å²) in [6.45, 7) is 13.1. The molecule has 186 valence electrons. The van der Waals surface area contributed by atoms with Gasteiger partial charge in [0.2, 0.25) is 11.9 Å². The lowest BCUT2D eigenvalue weighted by Crippen LogP contribution is -2.50. The van der Waals surface area contributed by atoms with E-state index in [1.165, 1.54) is 25.9 Å². The number of halogens is 1. The van der Waals surface area contributed by atoms with E-state index >= 15 is 0 Å². The zero-order chi connectivity index (χ0) is 22.6. The molecule has 0 radical (unpaired) electrons. The number of amides is 1. The number of aliphatic imine (C=N–C) groups is 1. The first-order valence-corrected chi connectivity index (χ1v) is 12.2. The highest BCUT2D eigenvalue weighted by molar-refractivity contribution is 14.0. The number of anilines is 1. The summed E-state index contributed by atoms with van der Waals surface area (Å²) in [4.78, 5) is 32.5. The lowest BCUT2D eigenvalue weighted by molar-refractivity contribution is -0.131. The monoisotopic (exact) mass is 572 g/mol. The number of nitrogens with zero attached hydrogens (tertiary/aromatic N) is 6. The summed E-state index contributed by atoms with van der Waals surface area (Å²) in [7, 11) is 0. The zero-order valence-corrected chi connectivity index (χ0v) is 22.5. The highest BCUT2D eigenvalue weighted by Crippen LogP contribution is 2.15. The van der Waals surface area contributed by atoms with Gasteiger partial charge in [-0.1, -0.05) is 6.92 Å². The van der Waals surface area contributed by atoms with Gasteiger partial charge in [-0.25, -0.2) is 9.97 Å². The van der Waals surface area contributed by atoms with Crippen molar-refractivity contribution in [2.24, 2.45) is 10.9 Å². The van der Waals surface area contributed by atoms with Crippen molar-refractivity contribution in [1.82, 2.24) is 30.4 Å². The number of piperazine rings is 1. The number of rotatable bonds is 9. The van der Waals surface area contributed by atoms with Crippen LogP contribution < -0.4 is 15.5 Å². The molecule has 3 heterocycles. The minimum absolute atomic E-state index is 0. The molecule has 3 rings (SSSR count). The third-order valence-electron chi connectivity index (χ3n) is 6.22. The first kappa shape index (κ1) is 27.6. The van der Waals surface area contributed by atoms with Crippen LogP contribution in [0.15, 0.2) is 23.5 Å². The molecule has 2 fully saturated rings. The van der Waals surface area contributed by atoms with E-state index in [1.807, 2.05) is 11.0 Å². The number of guanidine groups is 1. The second-order valence-electron chi connectivity index (χ2n) is 8.73. The maximum absolute atomic E-state index is 12.6. The largest absolute Gasteiger partial charge is 0.357 e. The number of carbonyl (C=O) groups excluding carboxylic acids is 1. The number of nitrogens with one attached hydrogen (secondary N) is 2. The highest BCUT2D eigenvalue weighted by Gasteiger charge is 2.22. The van der Waals surface area contributed by atoms with Crippen molar-refractivity contribution in [3.8, 4) is 0 Å². The van der Waals surface area contributed by atoms with Crippen molar-refractivity contribution in [3.05, 3.63) is 18.5 Å². The molecule has 2 saturated heterocycles. The fraction of sp³-hybridized carbons (Fsp3) is 0.739. The van der Waals surface area contributed by atoms with Gasteiger partial charge >= 0.3 is 0 Å². The molecule has 1 aromatic rings. The number of hydrogen-bond donors (Lipinski definition) is 2. The summed E-state index contributed by atoms with van der Waals surface area (Å²) in [5, 5.41) is 6.60. The minimum Gasteiger partial charge on any atom is -0.357 e. The SMILES string of the molecule is CCNC(=NCCCN1CCC(C)CC1)NCCC(=O)N1CCN(c2ncccn2)CC1.I. The standard InChI is InChI=1S/C23H40N8O.HI/c1-3-24-22(25-11-5-13-29-14-7-20(2)8-15-29)26-12-6-21(32)30-16-18-31(19-17-30)23-27-9-4-10-28-23;/h4,9-10,20H,3,5-8,11-19H2,1-2H3,(H2,24,25,26);1H. The molecular formula is C23H41IN8O. The molecule has 10 heteroatoms. The van der Waals surface area contributed by atoms with Crippen molar-refractivity contribution >= 4 is 41.8 Å². The van der Waals surface area contributed by atoms with Crippen LogP contribution in [0.25, 0.3) is 0 Å². The Morgan fingerprint density at radius 3 is 2.45 bits per heavy atom. The van der Waals surface area contributed by atoms with Crippen molar-refractivity contribution in [2.45, 2.75) is 39.5 Å². The van der Waals surface area contributed by atoms with Gasteiger partial charge in [-0.05, 0) is 57.8 Å². The van der Waals surface area contributed by atoms with Crippen LogP contribution >= 0.6 is 24.0 Å². The molecule has 9 nitrogen and oxygen atoms in total. The quantitative estimate of drug-likeness (QED) is 0.202. The average Bonchev–Trinajstić information content (AvgIpc) is 2.83. The Labute approximate surface area is 215 Å². The predicted octanol–water partition coefficient (Wildman–Crippen LogP) is 1.81. The lowest BCUT2D eigenvalue weighted by Gasteiger charge is -2.34. The van der Waals surface area contributed by atoms with Gasteiger partial charge < -0.3 is 25.3 Å². The fourth-order valence-corrected chi connectivity index (χ4v) is 4.17. The predicted molar refractivity (Wildman–Crippen MR) is 144 cm³/mol. The van der Waals surface area contributed by atoms with Crippen LogP contribution in [0.3, 0.4) is 0 Å². The smallest absolute Gasteiger partial charge is 0.225 e. The van der Waals surface area contributed by atoms with Crippen LogP contribution in [0.2, 0.25) is 0 Å². The molecule has 1 amide bonds. The Balaban J connectivity index is 0.00000385. The maximum atomic E-state index is 12.6. The van der Waals surface area contributed by atoms with Gasteiger partial charge in [0.1, 0.15) is 0 Å². The first-order chi connectivity index (χ1) is 15.7. The Morgan fingerprint density at radius 2 is 1.79 bits per heavy atom. The number of hydrogen-bond acceptors (Lipinski definition) is 6. The Bertz CT molecular complexity index is 704. The molecule has 2 aliphatic rings. The second-order valence-corrected chi connectivity index (χ2v) is 8.73. The van der Waals surface area contributed by atoms with E-state index in [-0.39, 0.29) is 29.9 Å². The van der Waals surface area contributed by atoms with E-state index in [4.69, 9.17) is 0 Å². The number of likely N-dealkylation sites (tertiary alicyclic amines) is 1. The van der Waals surface area contributed by atoms with E-state index in [0.29, 0.717) is 26.1 Å². The second kappa shape index (κ2) is 15.3. The topological polar surface area (TPSA) is 89.0 Å². The Morgan fingerprint density at radius 1 is 1.09 bits per heavy atom. The first-order valence-electron chi connectivity index (χ1n) is 12.2. The molecule has 0 atom stereocenters.